The van der Waals surface area contributed by atoms with Crippen LogP contribution in [0.5, 0.6) is 0 Å². The Kier molecular flexibility index (Phi) is 3.07. The van der Waals surface area contributed by atoms with Gasteiger partial charge in [-0.25, -0.2) is 0 Å². The summed E-state index contributed by atoms with van der Waals surface area (Å²) >= 11 is 5.51. The molecule has 0 saturated heterocycles. The summed E-state index contributed by atoms with van der Waals surface area (Å²) in [6.45, 7) is 1.71. The van der Waals surface area contributed by atoms with Crippen molar-refractivity contribution in [3.05, 3.63) is 58.3 Å². The third kappa shape index (κ3) is 2.00. The quantitative estimate of drug-likeness (QED) is 0.531. The number of carbonyl (C=O) groups is 1. The van der Waals surface area contributed by atoms with E-state index in [4.69, 9.17) is 16.0 Å². The zero-order valence-corrected chi connectivity index (χ0v) is 11.5. The molecule has 1 heterocycles. The minimum absolute atomic E-state index is 0.0991. The Hall–Kier alpha value is -2.13. The zero-order chi connectivity index (χ0) is 14.3. The molecular formula is C16H11ClO3. The molecule has 100 valence electrons. The average Bonchev–Trinajstić information content (AvgIpc) is 2.46. The molecule has 1 unspecified atom stereocenters. The molecule has 3 rings (SSSR count). The molecule has 0 aliphatic heterocycles. The lowest BCUT2D eigenvalue weighted by Gasteiger charge is -2.08. The Morgan fingerprint density at radius 3 is 2.55 bits per heavy atom. The van der Waals surface area contributed by atoms with E-state index >= 15 is 0 Å². The topological polar surface area (TPSA) is 47.3 Å². The third-order valence-corrected chi connectivity index (χ3v) is 3.77. The summed E-state index contributed by atoms with van der Waals surface area (Å²) in [5.74, 6) is -0.452. The van der Waals surface area contributed by atoms with E-state index < -0.39 is 11.2 Å². The van der Waals surface area contributed by atoms with Crippen molar-refractivity contribution in [3.63, 3.8) is 0 Å². The van der Waals surface area contributed by atoms with Crippen molar-refractivity contribution >= 4 is 38.8 Å². The first-order chi connectivity index (χ1) is 9.58. The molecule has 0 radical (unpaired) electrons. The number of hydrogen-bond donors (Lipinski definition) is 0. The summed E-state index contributed by atoms with van der Waals surface area (Å²) in [5.41, 5.74) is 1.67. The van der Waals surface area contributed by atoms with Gasteiger partial charge in [-0.3, -0.25) is 9.59 Å². The summed E-state index contributed by atoms with van der Waals surface area (Å²) in [5, 5.41) is 0.544. The van der Waals surface area contributed by atoms with Gasteiger partial charge in [0.15, 0.2) is 0 Å². The molecule has 4 heteroatoms. The van der Waals surface area contributed by atoms with Crippen molar-refractivity contribution in [2.24, 2.45) is 0 Å². The van der Waals surface area contributed by atoms with E-state index in [0.29, 0.717) is 27.5 Å². The SMILES string of the molecule is CC(C(=O)Cl)c1ccc2oc3ccccc3c(=O)c2c1. The fourth-order valence-corrected chi connectivity index (χ4v) is 2.35. The molecule has 3 aromatic rings. The fraction of sp³-hybridized carbons (Fsp3) is 0.125. The lowest BCUT2D eigenvalue weighted by molar-refractivity contribution is -0.112. The van der Waals surface area contributed by atoms with E-state index in [-0.39, 0.29) is 5.43 Å². The summed E-state index contributed by atoms with van der Waals surface area (Å²) in [7, 11) is 0. The van der Waals surface area contributed by atoms with Crippen LogP contribution < -0.4 is 5.43 Å². The smallest absolute Gasteiger partial charge is 0.228 e. The summed E-state index contributed by atoms with van der Waals surface area (Å²) < 4.78 is 5.70. The lowest BCUT2D eigenvalue weighted by atomic mass is 10.00. The first-order valence-corrected chi connectivity index (χ1v) is 6.60. The van der Waals surface area contributed by atoms with Crippen molar-refractivity contribution in [2.45, 2.75) is 12.8 Å². The zero-order valence-electron chi connectivity index (χ0n) is 10.7. The average molecular weight is 287 g/mol. The van der Waals surface area contributed by atoms with Crippen molar-refractivity contribution in [3.8, 4) is 0 Å². The van der Waals surface area contributed by atoms with Gasteiger partial charge in [0.25, 0.3) is 0 Å². The molecule has 20 heavy (non-hydrogen) atoms. The molecule has 0 spiro atoms. The Bertz CT molecular complexity index is 880. The van der Waals surface area contributed by atoms with E-state index in [1.807, 2.05) is 6.07 Å². The summed E-state index contributed by atoms with van der Waals surface area (Å²) in [6, 6.07) is 12.2. The maximum atomic E-state index is 12.5. The van der Waals surface area contributed by atoms with Crippen LogP contribution in [0.15, 0.2) is 51.7 Å². The van der Waals surface area contributed by atoms with E-state index in [1.165, 1.54) is 0 Å². The van der Waals surface area contributed by atoms with Crippen LogP contribution in [0.4, 0.5) is 0 Å². The molecule has 2 aromatic carbocycles. The minimum atomic E-state index is -0.452. The highest BCUT2D eigenvalue weighted by Gasteiger charge is 2.15. The number of halogens is 1. The lowest BCUT2D eigenvalue weighted by Crippen LogP contribution is -2.05. The number of benzene rings is 2. The Morgan fingerprint density at radius 1 is 1.10 bits per heavy atom. The minimum Gasteiger partial charge on any atom is -0.456 e. The number of fused-ring (bicyclic) bond motifs is 2. The van der Waals surface area contributed by atoms with Crippen LogP contribution in [-0.2, 0) is 4.79 Å². The van der Waals surface area contributed by atoms with Crippen molar-refractivity contribution < 1.29 is 9.21 Å². The van der Waals surface area contributed by atoms with Crippen molar-refractivity contribution in [1.29, 1.82) is 0 Å². The summed E-state index contributed by atoms with van der Waals surface area (Å²) in [6.07, 6.45) is 0. The number of rotatable bonds is 2. The molecular weight excluding hydrogens is 276 g/mol. The molecule has 3 nitrogen and oxygen atoms in total. The first kappa shape index (κ1) is 12.9. The highest BCUT2D eigenvalue weighted by Crippen LogP contribution is 2.24. The van der Waals surface area contributed by atoms with E-state index in [2.05, 4.69) is 0 Å². The van der Waals surface area contributed by atoms with Crippen LogP contribution in [0.2, 0.25) is 0 Å². The standard InChI is InChI=1S/C16H11ClO3/c1-9(16(17)19)10-6-7-14-12(8-10)15(18)11-4-2-3-5-13(11)20-14/h2-9H,1H3. The van der Waals surface area contributed by atoms with Gasteiger partial charge in [0.2, 0.25) is 10.7 Å². The van der Waals surface area contributed by atoms with Gasteiger partial charge >= 0.3 is 0 Å². The maximum absolute atomic E-state index is 12.5. The van der Waals surface area contributed by atoms with Crippen LogP contribution in [0.1, 0.15) is 18.4 Å². The monoisotopic (exact) mass is 286 g/mol. The van der Waals surface area contributed by atoms with Crippen molar-refractivity contribution in [1.82, 2.24) is 0 Å². The predicted molar refractivity (Wildman–Crippen MR) is 79.3 cm³/mol. The molecule has 0 bridgehead atoms. The van der Waals surface area contributed by atoms with Crippen molar-refractivity contribution in [2.75, 3.05) is 0 Å². The van der Waals surface area contributed by atoms with Crippen LogP contribution in [-0.4, -0.2) is 5.24 Å². The van der Waals surface area contributed by atoms with E-state index in [1.54, 1.807) is 43.3 Å². The van der Waals surface area contributed by atoms with Crippen LogP contribution in [0.3, 0.4) is 0 Å². The maximum Gasteiger partial charge on any atom is 0.228 e. The highest BCUT2D eigenvalue weighted by atomic mass is 35.5. The Labute approximate surface area is 119 Å². The van der Waals surface area contributed by atoms with E-state index in [9.17, 15) is 9.59 Å². The Morgan fingerprint density at radius 2 is 1.80 bits per heavy atom. The molecule has 0 amide bonds. The second-order valence-electron chi connectivity index (χ2n) is 4.71. The molecule has 1 atom stereocenters. The largest absolute Gasteiger partial charge is 0.456 e. The normalized spacial score (nSPS) is 12.7. The van der Waals surface area contributed by atoms with Crippen LogP contribution in [0, 0.1) is 0 Å². The third-order valence-electron chi connectivity index (χ3n) is 3.44. The van der Waals surface area contributed by atoms with Gasteiger partial charge in [-0.05, 0) is 41.4 Å². The molecule has 1 aromatic heterocycles. The molecule has 0 fully saturated rings. The molecule has 0 aliphatic rings. The van der Waals surface area contributed by atoms with Gasteiger partial charge in [0, 0.05) is 0 Å². The second-order valence-corrected chi connectivity index (χ2v) is 5.08. The molecule has 0 aliphatic carbocycles. The van der Waals surface area contributed by atoms with E-state index in [0.717, 1.165) is 0 Å². The molecule has 0 N–H and O–H groups in total. The predicted octanol–water partition coefficient (Wildman–Crippen LogP) is 3.82. The fourth-order valence-electron chi connectivity index (χ4n) is 2.22. The van der Waals surface area contributed by atoms with Gasteiger partial charge in [0.1, 0.15) is 11.2 Å². The van der Waals surface area contributed by atoms with Gasteiger partial charge in [-0.15, -0.1) is 0 Å². The van der Waals surface area contributed by atoms with Gasteiger partial charge in [0.05, 0.1) is 16.7 Å². The van der Waals surface area contributed by atoms with Gasteiger partial charge in [-0.1, -0.05) is 25.1 Å². The summed E-state index contributed by atoms with van der Waals surface area (Å²) in [4.78, 5) is 23.7. The number of para-hydroxylation sites is 1. The van der Waals surface area contributed by atoms with Crippen LogP contribution in [0.25, 0.3) is 21.9 Å². The molecule has 0 saturated carbocycles. The number of hydrogen-bond acceptors (Lipinski definition) is 3. The van der Waals surface area contributed by atoms with Crippen LogP contribution >= 0.6 is 11.6 Å². The Balaban J connectivity index is 2.34. The van der Waals surface area contributed by atoms with Gasteiger partial charge < -0.3 is 4.42 Å². The second kappa shape index (κ2) is 4.76. The van der Waals surface area contributed by atoms with Gasteiger partial charge in [-0.2, -0.15) is 0 Å². The first-order valence-electron chi connectivity index (χ1n) is 6.23. The highest BCUT2D eigenvalue weighted by molar-refractivity contribution is 6.64. The number of carbonyl (C=O) groups excluding carboxylic acids is 1.